The van der Waals surface area contributed by atoms with Gasteiger partial charge in [0.2, 0.25) is 5.91 Å². The molecule has 3 amide bonds. The van der Waals surface area contributed by atoms with Crippen LogP contribution >= 0.6 is 0 Å². The summed E-state index contributed by atoms with van der Waals surface area (Å²) in [5.74, 6) is 3.39. The molecule has 1 aliphatic heterocycles. The molecule has 0 aromatic carbocycles. The molecular formula is C17H27N3O2. The fourth-order valence-electron chi connectivity index (χ4n) is 5.69. The number of carbonyl (C=O) groups excluding carboxylic acids is 2. The summed E-state index contributed by atoms with van der Waals surface area (Å²) in [6, 6.07) is 0.186. The lowest BCUT2D eigenvalue weighted by Gasteiger charge is -2.32. The lowest BCUT2D eigenvalue weighted by atomic mass is 9.79. The number of hydrogen-bond acceptors (Lipinski definition) is 2. The van der Waals surface area contributed by atoms with Gasteiger partial charge in [0.1, 0.15) is 0 Å². The molecule has 4 rings (SSSR count). The molecule has 5 nitrogen and oxygen atoms in total. The highest BCUT2D eigenvalue weighted by atomic mass is 16.2. The maximum Gasteiger partial charge on any atom is 0.315 e. The number of fused-ring (bicyclic) bond motifs is 5. The zero-order valence-corrected chi connectivity index (χ0v) is 13.2. The van der Waals surface area contributed by atoms with Gasteiger partial charge in [0, 0.05) is 19.1 Å². The van der Waals surface area contributed by atoms with Crippen LogP contribution in [0.25, 0.3) is 0 Å². The third-order valence-corrected chi connectivity index (χ3v) is 6.60. The first-order chi connectivity index (χ1) is 10.7. The first-order valence-corrected chi connectivity index (χ1v) is 9.04. The molecule has 2 N–H and O–H groups in total. The van der Waals surface area contributed by atoms with E-state index in [1.54, 1.807) is 0 Å². The Labute approximate surface area is 132 Å². The predicted octanol–water partition coefficient (Wildman–Crippen LogP) is 1.73. The summed E-state index contributed by atoms with van der Waals surface area (Å²) >= 11 is 0. The van der Waals surface area contributed by atoms with Crippen molar-refractivity contribution in [2.24, 2.45) is 23.7 Å². The highest BCUT2D eigenvalue weighted by Crippen LogP contribution is 2.58. The molecule has 22 heavy (non-hydrogen) atoms. The molecule has 0 aromatic heterocycles. The van der Waals surface area contributed by atoms with Crippen molar-refractivity contribution in [1.29, 1.82) is 0 Å². The van der Waals surface area contributed by atoms with Crippen molar-refractivity contribution in [3.05, 3.63) is 0 Å². The van der Waals surface area contributed by atoms with Gasteiger partial charge in [-0.05, 0) is 62.2 Å². The summed E-state index contributed by atoms with van der Waals surface area (Å²) in [6.07, 6.45) is 8.79. The van der Waals surface area contributed by atoms with Gasteiger partial charge < -0.3 is 15.5 Å². The Morgan fingerprint density at radius 1 is 0.955 bits per heavy atom. The molecule has 0 aromatic rings. The molecule has 0 radical (unpaired) electrons. The van der Waals surface area contributed by atoms with E-state index in [0.717, 1.165) is 50.1 Å². The van der Waals surface area contributed by atoms with E-state index in [1.807, 2.05) is 4.90 Å². The smallest absolute Gasteiger partial charge is 0.315 e. The van der Waals surface area contributed by atoms with Crippen molar-refractivity contribution in [3.63, 3.8) is 0 Å². The minimum Gasteiger partial charge on any atom is -0.341 e. The van der Waals surface area contributed by atoms with Crippen LogP contribution in [0.2, 0.25) is 0 Å². The zero-order valence-electron chi connectivity index (χ0n) is 13.2. The average molecular weight is 305 g/mol. The molecule has 5 unspecified atom stereocenters. The summed E-state index contributed by atoms with van der Waals surface area (Å²) in [7, 11) is 0. The Balaban J connectivity index is 1.24. The Morgan fingerprint density at radius 3 is 2.55 bits per heavy atom. The molecule has 4 aliphatic rings. The van der Waals surface area contributed by atoms with Crippen LogP contribution in [-0.2, 0) is 4.79 Å². The van der Waals surface area contributed by atoms with Gasteiger partial charge in [0.25, 0.3) is 0 Å². The van der Waals surface area contributed by atoms with Gasteiger partial charge in [-0.1, -0.05) is 6.42 Å². The van der Waals surface area contributed by atoms with Crippen LogP contribution in [0.15, 0.2) is 0 Å². The fraction of sp³-hybridized carbons (Fsp3) is 0.882. The molecule has 122 valence electrons. The second-order valence-corrected chi connectivity index (χ2v) is 7.68. The second kappa shape index (κ2) is 5.74. The van der Waals surface area contributed by atoms with Crippen molar-refractivity contribution >= 4 is 11.9 Å². The van der Waals surface area contributed by atoms with E-state index in [2.05, 4.69) is 10.6 Å². The van der Waals surface area contributed by atoms with Gasteiger partial charge in [0.05, 0.1) is 6.54 Å². The maximum atomic E-state index is 12.1. The Hall–Kier alpha value is -1.26. The van der Waals surface area contributed by atoms with E-state index in [4.69, 9.17) is 0 Å². The van der Waals surface area contributed by atoms with Crippen molar-refractivity contribution in [2.45, 2.75) is 51.0 Å². The van der Waals surface area contributed by atoms with Gasteiger partial charge in [-0.3, -0.25) is 4.79 Å². The number of rotatable bonds is 3. The molecule has 2 bridgehead atoms. The number of carbonyl (C=O) groups is 2. The molecule has 1 heterocycles. The van der Waals surface area contributed by atoms with E-state index in [9.17, 15) is 9.59 Å². The molecule has 0 spiro atoms. The second-order valence-electron chi connectivity index (χ2n) is 7.68. The standard InChI is InChI=1S/C17H27N3O2/c21-16(20-6-1-2-7-20)10-18-17(22)19-15-9-11-8-14(15)13-5-3-4-12(11)13/h11-15H,1-10H2,(H2,18,19,22). The minimum atomic E-state index is -0.153. The fourth-order valence-corrected chi connectivity index (χ4v) is 5.69. The predicted molar refractivity (Wildman–Crippen MR) is 83.2 cm³/mol. The summed E-state index contributed by atoms with van der Waals surface area (Å²) < 4.78 is 0. The van der Waals surface area contributed by atoms with Crippen LogP contribution in [0.5, 0.6) is 0 Å². The topological polar surface area (TPSA) is 61.4 Å². The number of likely N-dealkylation sites (tertiary alicyclic amines) is 1. The Kier molecular flexibility index (Phi) is 3.74. The Morgan fingerprint density at radius 2 is 1.73 bits per heavy atom. The van der Waals surface area contributed by atoms with E-state index in [0.29, 0.717) is 12.0 Å². The van der Waals surface area contributed by atoms with Crippen LogP contribution in [0.4, 0.5) is 4.79 Å². The van der Waals surface area contributed by atoms with Crippen LogP contribution in [0, 0.1) is 23.7 Å². The highest BCUT2D eigenvalue weighted by Gasteiger charge is 2.54. The van der Waals surface area contributed by atoms with Crippen molar-refractivity contribution in [1.82, 2.24) is 15.5 Å². The SMILES string of the molecule is O=C(NCC(=O)N1CCCC1)NC1CC2CC1C1CCCC21. The van der Waals surface area contributed by atoms with Crippen molar-refractivity contribution < 1.29 is 9.59 Å². The molecule has 4 fully saturated rings. The van der Waals surface area contributed by atoms with E-state index in [1.165, 1.54) is 25.7 Å². The van der Waals surface area contributed by atoms with Gasteiger partial charge in [-0.15, -0.1) is 0 Å². The number of amides is 3. The first-order valence-electron chi connectivity index (χ1n) is 9.04. The average Bonchev–Trinajstić information content (AvgIpc) is 3.24. The molecule has 1 saturated heterocycles. The lowest BCUT2D eigenvalue weighted by Crippen LogP contribution is -2.49. The molecule has 5 heteroatoms. The van der Waals surface area contributed by atoms with Crippen LogP contribution in [-0.4, -0.2) is 42.5 Å². The third-order valence-electron chi connectivity index (χ3n) is 6.60. The maximum absolute atomic E-state index is 12.1. The summed E-state index contributed by atoms with van der Waals surface area (Å²) in [6.45, 7) is 1.83. The third kappa shape index (κ3) is 2.48. The molecule has 3 aliphatic carbocycles. The summed E-state index contributed by atoms with van der Waals surface area (Å²) in [5.41, 5.74) is 0. The largest absolute Gasteiger partial charge is 0.341 e. The number of urea groups is 1. The minimum absolute atomic E-state index is 0.0523. The van der Waals surface area contributed by atoms with Crippen molar-refractivity contribution in [2.75, 3.05) is 19.6 Å². The zero-order chi connectivity index (χ0) is 15.1. The summed E-state index contributed by atoms with van der Waals surface area (Å²) in [4.78, 5) is 25.9. The normalized spacial score (nSPS) is 39.1. The van der Waals surface area contributed by atoms with Crippen LogP contribution in [0.3, 0.4) is 0 Å². The van der Waals surface area contributed by atoms with Crippen molar-refractivity contribution in [3.8, 4) is 0 Å². The quantitative estimate of drug-likeness (QED) is 0.834. The van der Waals surface area contributed by atoms with Crippen LogP contribution < -0.4 is 10.6 Å². The lowest BCUT2D eigenvalue weighted by molar-refractivity contribution is -0.129. The summed E-state index contributed by atoms with van der Waals surface area (Å²) in [5, 5.41) is 5.91. The Bertz CT molecular complexity index is 461. The van der Waals surface area contributed by atoms with Gasteiger partial charge in [0.15, 0.2) is 0 Å². The van der Waals surface area contributed by atoms with Gasteiger partial charge in [-0.25, -0.2) is 4.79 Å². The van der Waals surface area contributed by atoms with Gasteiger partial charge >= 0.3 is 6.03 Å². The number of hydrogen-bond donors (Lipinski definition) is 2. The van der Waals surface area contributed by atoms with E-state index < -0.39 is 0 Å². The molecule has 5 atom stereocenters. The van der Waals surface area contributed by atoms with Crippen LogP contribution in [0.1, 0.15) is 44.9 Å². The van der Waals surface area contributed by atoms with E-state index >= 15 is 0 Å². The van der Waals surface area contributed by atoms with Gasteiger partial charge in [-0.2, -0.15) is 0 Å². The highest BCUT2D eigenvalue weighted by molar-refractivity contribution is 5.84. The molecular weight excluding hydrogens is 278 g/mol. The monoisotopic (exact) mass is 305 g/mol. The first kappa shape index (κ1) is 14.3. The number of nitrogens with zero attached hydrogens (tertiary/aromatic N) is 1. The number of nitrogens with one attached hydrogen (secondary N) is 2. The molecule has 3 saturated carbocycles. The van der Waals surface area contributed by atoms with E-state index in [-0.39, 0.29) is 18.5 Å².